The summed E-state index contributed by atoms with van der Waals surface area (Å²) in [5.74, 6) is 1.23. The van der Waals surface area contributed by atoms with E-state index in [0.29, 0.717) is 23.3 Å². The van der Waals surface area contributed by atoms with Crippen LogP contribution in [0.2, 0.25) is 0 Å². The number of rotatable bonds is 4. The highest BCUT2D eigenvalue weighted by Gasteiger charge is 2.29. The second kappa shape index (κ2) is 5.35. The average Bonchev–Trinajstić information content (AvgIpc) is 3.28. The topological polar surface area (TPSA) is 103 Å². The van der Waals surface area contributed by atoms with Crippen LogP contribution in [0.5, 0.6) is 11.8 Å². The van der Waals surface area contributed by atoms with Gasteiger partial charge in [0.2, 0.25) is 17.7 Å². The fourth-order valence-corrected chi connectivity index (χ4v) is 1.74. The van der Waals surface area contributed by atoms with E-state index in [-0.39, 0.29) is 11.8 Å². The van der Waals surface area contributed by atoms with Crippen LogP contribution in [0.3, 0.4) is 0 Å². The Kier molecular flexibility index (Phi) is 3.39. The molecule has 21 heavy (non-hydrogen) atoms. The number of hydrogen-bond donors (Lipinski definition) is 2. The van der Waals surface area contributed by atoms with Crippen molar-refractivity contribution in [1.29, 1.82) is 0 Å². The van der Waals surface area contributed by atoms with Gasteiger partial charge in [0.25, 0.3) is 0 Å². The number of hydrogen-bond acceptors (Lipinski definition) is 6. The molecule has 7 heteroatoms. The highest BCUT2D eigenvalue weighted by Crippen LogP contribution is 2.30. The number of aromatic nitrogens is 3. The van der Waals surface area contributed by atoms with Crippen molar-refractivity contribution >= 4 is 17.4 Å². The van der Waals surface area contributed by atoms with Gasteiger partial charge in [-0.1, -0.05) is 0 Å². The Morgan fingerprint density at radius 1 is 1.29 bits per heavy atom. The molecule has 0 aromatic carbocycles. The van der Waals surface area contributed by atoms with Crippen LogP contribution in [0.25, 0.3) is 0 Å². The highest BCUT2D eigenvalue weighted by molar-refractivity contribution is 5.93. The lowest BCUT2D eigenvalue weighted by Crippen LogP contribution is -2.14. The monoisotopic (exact) mass is 285 g/mol. The number of nitrogens with two attached hydrogens (primary N) is 1. The quantitative estimate of drug-likeness (QED) is 0.889. The van der Waals surface area contributed by atoms with Crippen molar-refractivity contribution in [1.82, 2.24) is 15.0 Å². The third-order valence-electron chi connectivity index (χ3n) is 3.18. The van der Waals surface area contributed by atoms with E-state index in [1.165, 1.54) is 12.5 Å². The number of pyridine rings is 1. The van der Waals surface area contributed by atoms with Gasteiger partial charge in [0, 0.05) is 18.1 Å². The molecule has 3 rings (SSSR count). The maximum absolute atomic E-state index is 11.7. The van der Waals surface area contributed by atoms with E-state index >= 15 is 0 Å². The van der Waals surface area contributed by atoms with E-state index in [2.05, 4.69) is 20.3 Å². The Balaban J connectivity index is 1.72. The zero-order chi connectivity index (χ0) is 14.8. The number of anilines is 2. The Hall–Kier alpha value is -2.70. The number of nitrogens with one attached hydrogen (secondary N) is 1. The summed E-state index contributed by atoms with van der Waals surface area (Å²) in [5.41, 5.74) is 7.18. The van der Waals surface area contributed by atoms with Gasteiger partial charge in [-0.05, 0) is 25.3 Å². The van der Waals surface area contributed by atoms with Gasteiger partial charge in [-0.25, -0.2) is 15.0 Å². The molecule has 0 bridgehead atoms. The molecule has 1 amide bonds. The average molecular weight is 285 g/mol. The van der Waals surface area contributed by atoms with E-state index in [9.17, 15) is 4.79 Å². The molecule has 108 valence electrons. The van der Waals surface area contributed by atoms with E-state index < -0.39 is 0 Å². The molecule has 2 heterocycles. The first-order valence-electron chi connectivity index (χ1n) is 6.65. The molecule has 1 aliphatic carbocycles. The van der Waals surface area contributed by atoms with Crippen LogP contribution >= 0.6 is 0 Å². The molecule has 0 spiro atoms. The minimum Gasteiger partial charge on any atom is -0.421 e. The van der Waals surface area contributed by atoms with Gasteiger partial charge in [-0.2, -0.15) is 0 Å². The number of carbonyl (C=O) groups excluding carboxylic acids is 1. The van der Waals surface area contributed by atoms with Crippen LogP contribution in [0, 0.1) is 12.8 Å². The summed E-state index contributed by atoms with van der Waals surface area (Å²) in [6, 6.07) is 3.29. The molecule has 1 fully saturated rings. The van der Waals surface area contributed by atoms with Gasteiger partial charge in [-0.15, -0.1) is 0 Å². The number of ether oxygens (including phenoxy) is 1. The van der Waals surface area contributed by atoms with Crippen LogP contribution in [0.1, 0.15) is 18.4 Å². The number of nitrogen functional groups attached to an aromatic ring is 1. The molecule has 0 radical (unpaired) electrons. The molecule has 0 saturated heterocycles. The second-order valence-electron chi connectivity index (χ2n) is 4.99. The fourth-order valence-electron chi connectivity index (χ4n) is 1.74. The summed E-state index contributed by atoms with van der Waals surface area (Å²) in [6.07, 6.45) is 4.74. The predicted molar refractivity (Wildman–Crippen MR) is 76.8 cm³/mol. The summed E-state index contributed by atoms with van der Waals surface area (Å²) in [5, 5.41) is 2.74. The zero-order valence-corrected chi connectivity index (χ0v) is 11.5. The third kappa shape index (κ3) is 3.25. The van der Waals surface area contributed by atoms with Crippen molar-refractivity contribution in [2.75, 3.05) is 11.1 Å². The van der Waals surface area contributed by atoms with Crippen molar-refractivity contribution in [3.8, 4) is 11.8 Å². The van der Waals surface area contributed by atoms with Gasteiger partial charge in [-0.3, -0.25) is 4.79 Å². The molecular formula is C14H15N5O2. The normalized spacial score (nSPS) is 13.8. The SMILES string of the molecule is Cc1cc(Oc2cc(NC(=O)C3CC3)ncn2)ncc1N. The smallest absolute Gasteiger partial charge is 0.228 e. The first-order valence-corrected chi connectivity index (χ1v) is 6.65. The second-order valence-corrected chi connectivity index (χ2v) is 4.99. The van der Waals surface area contributed by atoms with Gasteiger partial charge >= 0.3 is 0 Å². The molecule has 3 N–H and O–H groups in total. The molecule has 0 aliphatic heterocycles. The molecule has 0 atom stereocenters. The first-order chi connectivity index (χ1) is 10.1. The van der Waals surface area contributed by atoms with E-state index in [0.717, 1.165) is 18.4 Å². The molecule has 1 aliphatic rings. The Morgan fingerprint density at radius 3 is 2.76 bits per heavy atom. The minimum atomic E-state index is -0.0129. The van der Waals surface area contributed by atoms with Crippen LogP contribution < -0.4 is 15.8 Å². The van der Waals surface area contributed by atoms with Crippen molar-refractivity contribution in [3.05, 3.63) is 30.2 Å². The largest absolute Gasteiger partial charge is 0.421 e. The van der Waals surface area contributed by atoms with Crippen molar-refractivity contribution in [3.63, 3.8) is 0 Å². The molecule has 2 aromatic heterocycles. The lowest BCUT2D eigenvalue weighted by Gasteiger charge is -2.07. The van der Waals surface area contributed by atoms with E-state index in [4.69, 9.17) is 10.5 Å². The lowest BCUT2D eigenvalue weighted by molar-refractivity contribution is -0.117. The fraction of sp³-hybridized carbons (Fsp3) is 0.286. The van der Waals surface area contributed by atoms with Crippen LogP contribution in [0.15, 0.2) is 24.7 Å². The molecular weight excluding hydrogens is 270 g/mol. The summed E-state index contributed by atoms with van der Waals surface area (Å²) >= 11 is 0. The Morgan fingerprint density at radius 2 is 2.05 bits per heavy atom. The maximum atomic E-state index is 11.7. The maximum Gasteiger partial charge on any atom is 0.228 e. The van der Waals surface area contributed by atoms with E-state index in [1.54, 1.807) is 12.1 Å². The van der Waals surface area contributed by atoms with Crippen molar-refractivity contribution in [2.45, 2.75) is 19.8 Å². The minimum absolute atomic E-state index is 0.0129. The third-order valence-corrected chi connectivity index (χ3v) is 3.18. The zero-order valence-electron chi connectivity index (χ0n) is 11.5. The Bertz CT molecular complexity index is 685. The molecule has 0 unspecified atom stereocenters. The summed E-state index contributed by atoms with van der Waals surface area (Å²) in [7, 11) is 0. The summed E-state index contributed by atoms with van der Waals surface area (Å²) in [6.45, 7) is 1.87. The van der Waals surface area contributed by atoms with Crippen molar-refractivity contribution in [2.24, 2.45) is 5.92 Å². The van der Waals surface area contributed by atoms with Crippen LogP contribution in [-0.4, -0.2) is 20.9 Å². The number of aryl methyl sites for hydroxylation is 1. The molecule has 1 saturated carbocycles. The predicted octanol–water partition coefficient (Wildman–Crippen LogP) is 1.90. The summed E-state index contributed by atoms with van der Waals surface area (Å²) in [4.78, 5) is 23.8. The highest BCUT2D eigenvalue weighted by atomic mass is 16.5. The molecule has 2 aromatic rings. The number of amides is 1. The Labute approximate surface area is 121 Å². The standard InChI is InChI=1S/C14H15N5O2/c1-8-4-12(16-6-10(8)15)21-13-5-11(17-7-18-13)19-14(20)9-2-3-9/h4-7,9H,2-3,15H2,1H3,(H,17,18,19,20). The summed E-state index contributed by atoms with van der Waals surface area (Å²) < 4.78 is 5.54. The van der Waals surface area contributed by atoms with Gasteiger partial charge in [0.05, 0.1) is 11.9 Å². The number of carbonyl (C=O) groups is 1. The number of nitrogens with zero attached hydrogens (tertiary/aromatic N) is 3. The van der Waals surface area contributed by atoms with Gasteiger partial charge in [0.15, 0.2) is 0 Å². The van der Waals surface area contributed by atoms with E-state index in [1.807, 2.05) is 6.92 Å². The molecule has 7 nitrogen and oxygen atoms in total. The van der Waals surface area contributed by atoms with Crippen LogP contribution in [0.4, 0.5) is 11.5 Å². The van der Waals surface area contributed by atoms with Crippen LogP contribution in [-0.2, 0) is 4.79 Å². The first kappa shape index (κ1) is 13.3. The van der Waals surface area contributed by atoms with Crippen molar-refractivity contribution < 1.29 is 9.53 Å². The lowest BCUT2D eigenvalue weighted by atomic mass is 10.2. The van der Waals surface area contributed by atoms with Gasteiger partial charge in [0.1, 0.15) is 12.1 Å². The van der Waals surface area contributed by atoms with Gasteiger partial charge < -0.3 is 15.8 Å².